The van der Waals surface area contributed by atoms with E-state index in [9.17, 15) is 4.79 Å². The van der Waals surface area contributed by atoms with E-state index in [0.717, 1.165) is 5.71 Å². The standard InChI is InChI=1S/C9H5BrClNO/c10-7-4-12-8-2-1-5(11)3-6(8)9(7)13/h1-4,6H. The van der Waals surface area contributed by atoms with Crippen LogP contribution in [0, 0.1) is 5.92 Å². The highest BCUT2D eigenvalue weighted by Crippen LogP contribution is 2.26. The van der Waals surface area contributed by atoms with E-state index in [2.05, 4.69) is 20.9 Å². The summed E-state index contributed by atoms with van der Waals surface area (Å²) in [6.45, 7) is 0. The van der Waals surface area contributed by atoms with Crippen LogP contribution in [0.1, 0.15) is 0 Å². The van der Waals surface area contributed by atoms with Crippen molar-refractivity contribution >= 4 is 39.0 Å². The summed E-state index contributed by atoms with van der Waals surface area (Å²) in [4.78, 5) is 15.7. The van der Waals surface area contributed by atoms with E-state index in [-0.39, 0.29) is 11.7 Å². The van der Waals surface area contributed by atoms with Crippen LogP contribution >= 0.6 is 27.5 Å². The van der Waals surface area contributed by atoms with Gasteiger partial charge < -0.3 is 0 Å². The van der Waals surface area contributed by atoms with Crippen LogP contribution in [0.4, 0.5) is 0 Å². The lowest BCUT2D eigenvalue weighted by Crippen LogP contribution is -2.25. The molecule has 1 atom stereocenters. The van der Waals surface area contributed by atoms with Crippen molar-refractivity contribution < 1.29 is 4.79 Å². The normalized spacial score (nSPS) is 26.2. The number of Topliss-reactive ketones (excluding diaryl/α,β-unsaturated/α-hetero) is 1. The van der Waals surface area contributed by atoms with Crippen molar-refractivity contribution in [2.75, 3.05) is 0 Å². The van der Waals surface area contributed by atoms with E-state index in [4.69, 9.17) is 11.6 Å². The zero-order valence-corrected chi connectivity index (χ0v) is 8.84. The second-order valence-corrected chi connectivity index (χ2v) is 4.05. The fourth-order valence-corrected chi connectivity index (χ4v) is 1.78. The Morgan fingerprint density at radius 1 is 1.46 bits per heavy atom. The first-order valence-corrected chi connectivity index (χ1v) is 4.88. The lowest BCUT2D eigenvalue weighted by atomic mass is 9.92. The lowest BCUT2D eigenvalue weighted by molar-refractivity contribution is -0.115. The summed E-state index contributed by atoms with van der Waals surface area (Å²) in [5.41, 5.74) is 0.748. The topological polar surface area (TPSA) is 29.4 Å². The van der Waals surface area contributed by atoms with Gasteiger partial charge in [-0.2, -0.15) is 0 Å². The van der Waals surface area contributed by atoms with Crippen molar-refractivity contribution in [3.05, 3.63) is 33.9 Å². The minimum Gasteiger partial charge on any atom is -0.292 e. The first-order chi connectivity index (χ1) is 6.18. The minimum absolute atomic E-state index is 0.00694. The molecule has 13 heavy (non-hydrogen) atoms. The van der Waals surface area contributed by atoms with E-state index in [1.54, 1.807) is 18.2 Å². The van der Waals surface area contributed by atoms with E-state index in [1.165, 1.54) is 6.20 Å². The van der Waals surface area contributed by atoms with Gasteiger partial charge in [0, 0.05) is 11.2 Å². The number of hydrogen-bond acceptors (Lipinski definition) is 2. The Labute approximate surface area is 88.8 Å². The van der Waals surface area contributed by atoms with Gasteiger partial charge in [-0.1, -0.05) is 11.6 Å². The highest BCUT2D eigenvalue weighted by atomic mass is 79.9. The predicted molar refractivity (Wildman–Crippen MR) is 56.0 cm³/mol. The summed E-state index contributed by atoms with van der Waals surface area (Å²) in [5.74, 6) is -0.302. The van der Waals surface area contributed by atoms with Crippen LogP contribution in [0.25, 0.3) is 0 Å². The Balaban J connectivity index is 2.45. The highest BCUT2D eigenvalue weighted by molar-refractivity contribution is 9.12. The average molecular weight is 259 g/mol. The van der Waals surface area contributed by atoms with E-state index in [1.807, 2.05) is 0 Å². The van der Waals surface area contributed by atoms with E-state index in [0.29, 0.717) is 9.51 Å². The van der Waals surface area contributed by atoms with Crippen LogP contribution in [-0.4, -0.2) is 11.5 Å². The molecule has 0 amide bonds. The number of nitrogens with zero attached hydrogens (tertiary/aromatic N) is 1. The fraction of sp³-hybridized carbons (Fsp3) is 0.111. The molecule has 4 heteroatoms. The summed E-state index contributed by atoms with van der Waals surface area (Å²) in [5, 5.41) is 0.583. The van der Waals surface area contributed by atoms with Gasteiger partial charge in [-0.25, -0.2) is 0 Å². The second kappa shape index (κ2) is 3.24. The molecule has 0 bridgehead atoms. The first-order valence-electron chi connectivity index (χ1n) is 3.71. The molecule has 2 aliphatic rings. The number of aliphatic imine (C=N–C) groups is 1. The summed E-state index contributed by atoms with van der Waals surface area (Å²) in [6, 6.07) is 0. The molecule has 0 spiro atoms. The van der Waals surface area contributed by atoms with Crippen molar-refractivity contribution in [3.63, 3.8) is 0 Å². The number of halogens is 2. The number of allylic oxidation sites excluding steroid dienone is 5. The molecule has 1 aliphatic heterocycles. The number of ketones is 1. The van der Waals surface area contributed by atoms with Crippen LogP contribution in [0.2, 0.25) is 0 Å². The third-order valence-electron chi connectivity index (χ3n) is 1.90. The third-order valence-corrected chi connectivity index (χ3v) is 2.75. The minimum atomic E-state index is -0.308. The van der Waals surface area contributed by atoms with Crippen LogP contribution < -0.4 is 0 Å². The molecule has 2 rings (SSSR count). The average Bonchev–Trinajstić information content (AvgIpc) is 2.12. The number of fused-ring (bicyclic) bond motifs is 1. The van der Waals surface area contributed by atoms with Gasteiger partial charge in [0.15, 0.2) is 5.78 Å². The highest BCUT2D eigenvalue weighted by Gasteiger charge is 2.27. The van der Waals surface area contributed by atoms with Crippen molar-refractivity contribution in [1.29, 1.82) is 0 Å². The van der Waals surface area contributed by atoms with Crippen molar-refractivity contribution in [2.24, 2.45) is 10.9 Å². The second-order valence-electron chi connectivity index (χ2n) is 2.76. The first kappa shape index (κ1) is 8.91. The number of hydrogen-bond donors (Lipinski definition) is 0. The zero-order chi connectivity index (χ0) is 9.42. The number of carbonyl (C=O) groups excluding carboxylic acids is 1. The molecular formula is C9H5BrClNO. The molecule has 1 aliphatic carbocycles. The quantitative estimate of drug-likeness (QED) is 0.656. The maximum Gasteiger partial charge on any atom is 0.184 e. The smallest absolute Gasteiger partial charge is 0.184 e. The molecule has 1 heterocycles. The van der Waals surface area contributed by atoms with Gasteiger partial charge in [-0.05, 0) is 34.2 Å². The number of carbonyl (C=O) groups is 1. The summed E-state index contributed by atoms with van der Waals surface area (Å²) < 4.78 is 0.497. The van der Waals surface area contributed by atoms with Crippen molar-refractivity contribution in [2.45, 2.75) is 0 Å². The van der Waals surface area contributed by atoms with Gasteiger partial charge in [-0.3, -0.25) is 9.79 Å². The molecule has 66 valence electrons. The number of rotatable bonds is 0. The molecule has 0 aromatic rings. The van der Waals surface area contributed by atoms with E-state index < -0.39 is 0 Å². The van der Waals surface area contributed by atoms with Crippen LogP contribution in [0.5, 0.6) is 0 Å². The SMILES string of the molecule is O=C1C(Br)=CN=C2C=CC(Cl)=CC12. The molecule has 0 aromatic heterocycles. The summed E-state index contributed by atoms with van der Waals surface area (Å²) in [7, 11) is 0. The maximum absolute atomic E-state index is 11.6. The zero-order valence-electron chi connectivity index (χ0n) is 6.50. The van der Waals surface area contributed by atoms with Crippen LogP contribution in [-0.2, 0) is 4.79 Å². The molecule has 0 N–H and O–H groups in total. The molecule has 0 saturated carbocycles. The van der Waals surface area contributed by atoms with Crippen molar-refractivity contribution in [1.82, 2.24) is 0 Å². The Kier molecular flexibility index (Phi) is 2.22. The molecule has 0 aromatic carbocycles. The summed E-state index contributed by atoms with van der Waals surface area (Å²) in [6.07, 6.45) is 6.72. The van der Waals surface area contributed by atoms with Crippen molar-refractivity contribution in [3.8, 4) is 0 Å². The van der Waals surface area contributed by atoms with Gasteiger partial charge in [0.25, 0.3) is 0 Å². The maximum atomic E-state index is 11.6. The predicted octanol–water partition coefficient (Wildman–Crippen LogP) is 2.56. The van der Waals surface area contributed by atoms with Gasteiger partial charge in [0.2, 0.25) is 0 Å². The Bertz CT molecular complexity index is 392. The van der Waals surface area contributed by atoms with Gasteiger partial charge in [0.05, 0.1) is 16.1 Å². The fourth-order valence-electron chi connectivity index (χ4n) is 1.25. The Morgan fingerprint density at radius 2 is 2.23 bits per heavy atom. The molecule has 0 fully saturated rings. The van der Waals surface area contributed by atoms with Crippen LogP contribution in [0.3, 0.4) is 0 Å². The van der Waals surface area contributed by atoms with Gasteiger partial charge in [0.1, 0.15) is 0 Å². The lowest BCUT2D eigenvalue weighted by Gasteiger charge is -2.17. The monoisotopic (exact) mass is 257 g/mol. The van der Waals surface area contributed by atoms with Gasteiger partial charge >= 0.3 is 0 Å². The molecule has 1 unspecified atom stereocenters. The van der Waals surface area contributed by atoms with Crippen LogP contribution in [0.15, 0.2) is 38.9 Å². The Morgan fingerprint density at radius 3 is 3.00 bits per heavy atom. The molecule has 0 radical (unpaired) electrons. The summed E-state index contributed by atoms with van der Waals surface area (Å²) >= 11 is 8.93. The van der Waals surface area contributed by atoms with Gasteiger partial charge in [-0.15, -0.1) is 0 Å². The van der Waals surface area contributed by atoms with E-state index >= 15 is 0 Å². The molecule has 2 nitrogen and oxygen atoms in total. The Hall–Kier alpha value is -0.670. The third kappa shape index (κ3) is 1.54. The largest absolute Gasteiger partial charge is 0.292 e. The molecular weight excluding hydrogens is 253 g/mol. The molecule has 0 saturated heterocycles.